The summed E-state index contributed by atoms with van der Waals surface area (Å²) in [6, 6.07) is 9.49. The van der Waals surface area contributed by atoms with Gasteiger partial charge < -0.3 is 4.74 Å². The average molecular weight is 324 g/mol. The summed E-state index contributed by atoms with van der Waals surface area (Å²) >= 11 is 7.53. The highest BCUT2D eigenvalue weighted by Gasteiger charge is 2.10. The Morgan fingerprint density at radius 3 is 2.62 bits per heavy atom. The molecule has 0 fully saturated rings. The van der Waals surface area contributed by atoms with Crippen LogP contribution in [0.1, 0.15) is 27.7 Å². The van der Waals surface area contributed by atoms with Crippen LogP contribution >= 0.6 is 22.9 Å². The molecular formula is C16H18ClNO2S. The highest BCUT2D eigenvalue weighted by molar-refractivity contribution is 7.16. The largest absolute Gasteiger partial charge is 0.496 e. The van der Waals surface area contributed by atoms with Crippen LogP contribution in [0.15, 0.2) is 30.3 Å². The molecule has 0 saturated heterocycles. The molecule has 0 radical (unpaired) electrons. The molecule has 0 amide bonds. The number of hydrogen-bond acceptors (Lipinski definition) is 4. The van der Waals surface area contributed by atoms with Gasteiger partial charge in [0.25, 0.3) is 0 Å². The molecule has 112 valence electrons. The Bertz CT molecular complexity index is 639. The van der Waals surface area contributed by atoms with Gasteiger partial charge in [-0.1, -0.05) is 11.6 Å². The molecule has 21 heavy (non-hydrogen) atoms. The Labute approximate surface area is 134 Å². The second-order valence-electron chi connectivity index (χ2n) is 4.96. The molecule has 0 atom stereocenters. The molecule has 1 aromatic carbocycles. The fraction of sp³-hybridized carbons (Fsp3) is 0.312. The molecule has 2 rings (SSSR count). The summed E-state index contributed by atoms with van der Waals surface area (Å²) in [7, 11) is 3.68. The summed E-state index contributed by atoms with van der Waals surface area (Å²) in [5.41, 5.74) is 1.72. The number of benzene rings is 1. The lowest BCUT2D eigenvalue weighted by Crippen LogP contribution is -2.17. The number of Topliss-reactive ketones (excluding diaryl/α,β-unsaturated/α-hetero) is 1. The number of rotatable bonds is 6. The molecule has 0 aliphatic heterocycles. The number of carbonyl (C=O) groups excluding carboxylic acids is 1. The molecule has 0 N–H and O–H groups in total. The number of halogens is 1. The van der Waals surface area contributed by atoms with Crippen molar-refractivity contribution in [3.63, 3.8) is 0 Å². The van der Waals surface area contributed by atoms with Gasteiger partial charge in [-0.15, -0.1) is 11.3 Å². The van der Waals surface area contributed by atoms with Gasteiger partial charge in [-0.05, 0) is 44.3 Å². The lowest BCUT2D eigenvalue weighted by Gasteiger charge is -2.18. The van der Waals surface area contributed by atoms with E-state index in [-0.39, 0.29) is 5.78 Å². The van der Waals surface area contributed by atoms with Gasteiger partial charge in [0, 0.05) is 29.1 Å². The summed E-state index contributed by atoms with van der Waals surface area (Å²) in [5, 5.41) is 0. The summed E-state index contributed by atoms with van der Waals surface area (Å²) in [6.07, 6.45) is 0. The molecule has 2 aromatic rings. The van der Waals surface area contributed by atoms with E-state index < -0.39 is 0 Å². The minimum absolute atomic E-state index is 0.0617. The molecule has 3 nitrogen and oxygen atoms in total. The van der Waals surface area contributed by atoms with Crippen molar-refractivity contribution >= 4 is 28.7 Å². The third kappa shape index (κ3) is 4.30. The van der Waals surface area contributed by atoms with Gasteiger partial charge >= 0.3 is 0 Å². The summed E-state index contributed by atoms with van der Waals surface area (Å²) in [6.45, 7) is 3.09. The molecule has 0 aliphatic carbocycles. The number of nitrogens with zero attached hydrogens (tertiary/aromatic N) is 1. The van der Waals surface area contributed by atoms with E-state index in [1.807, 2.05) is 31.3 Å². The van der Waals surface area contributed by atoms with E-state index in [0.29, 0.717) is 12.1 Å². The quantitative estimate of drug-likeness (QED) is 0.744. The first-order chi connectivity index (χ1) is 9.99. The van der Waals surface area contributed by atoms with Crippen molar-refractivity contribution < 1.29 is 9.53 Å². The van der Waals surface area contributed by atoms with Crippen molar-refractivity contribution in [1.29, 1.82) is 0 Å². The molecule has 5 heteroatoms. The topological polar surface area (TPSA) is 29.5 Å². The maximum atomic E-state index is 11.5. The van der Waals surface area contributed by atoms with Crippen LogP contribution in [0.3, 0.4) is 0 Å². The standard InChI is InChI=1S/C16H18ClNO2S/c1-11(19)12-4-6-15(20-3)13(8-12)9-18(2)10-14-5-7-16(17)21-14/h4-8H,9-10H2,1-3H3. The van der Waals surface area contributed by atoms with Gasteiger partial charge in [0.15, 0.2) is 5.78 Å². The van der Waals surface area contributed by atoms with E-state index in [0.717, 1.165) is 22.2 Å². The van der Waals surface area contributed by atoms with Crippen molar-refractivity contribution in [2.24, 2.45) is 0 Å². The van der Waals surface area contributed by atoms with Crippen LogP contribution in [-0.2, 0) is 13.1 Å². The number of carbonyl (C=O) groups is 1. The van der Waals surface area contributed by atoms with E-state index in [2.05, 4.69) is 4.90 Å². The minimum Gasteiger partial charge on any atom is -0.496 e. The molecule has 0 bridgehead atoms. The van der Waals surface area contributed by atoms with Gasteiger partial charge in [-0.25, -0.2) is 0 Å². The van der Waals surface area contributed by atoms with Gasteiger partial charge in [0.2, 0.25) is 0 Å². The second-order valence-corrected chi connectivity index (χ2v) is 6.76. The number of methoxy groups -OCH3 is 1. The van der Waals surface area contributed by atoms with E-state index in [1.54, 1.807) is 31.4 Å². The molecule has 0 saturated carbocycles. The maximum absolute atomic E-state index is 11.5. The summed E-state index contributed by atoms with van der Waals surface area (Å²) < 4.78 is 6.18. The third-order valence-corrected chi connectivity index (χ3v) is 4.40. The molecular weight excluding hydrogens is 306 g/mol. The van der Waals surface area contributed by atoms with Gasteiger partial charge in [0.1, 0.15) is 5.75 Å². The highest BCUT2D eigenvalue weighted by Crippen LogP contribution is 2.25. The van der Waals surface area contributed by atoms with E-state index in [9.17, 15) is 4.79 Å². The van der Waals surface area contributed by atoms with Crippen molar-refractivity contribution in [3.05, 3.63) is 50.7 Å². The van der Waals surface area contributed by atoms with Crippen molar-refractivity contribution in [1.82, 2.24) is 4.90 Å². The Hall–Kier alpha value is -1.36. The van der Waals surface area contributed by atoms with Crippen molar-refractivity contribution in [3.8, 4) is 5.75 Å². The number of hydrogen-bond donors (Lipinski definition) is 0. The van der Waals surface area contributed by atoms with Crippen LogP contribution in [0, 0.1) is 0 Å². The van der Waals surface area contributed by atoms with Gasteiger partial charge in [-0.3, -0.25) is 9.69 Å². The summed E-state index contributed by atoms with van der Waals surface area (Å²) in [5.74, 6) is 0.864. The molecule has 0 unspecified atom stereocenters. The first kappa shape index (κ1) is 16.0. The van der Waals surface area contributed by atoms with Crippen molar-refractivity contribution in [2.75, 3.05) is 14.2 Å². The zero-order valence-corrected chi connectivity index (χ0v) is 13.9. The predicted octanol–water partition coefficient (Wildman–Crippen LogP) is 4.24. The molecule has 0 aliphatic rings. The number of thiophene rings is 1. The first-order valence-corrected chi connectivity index (χ1v) is 7.79. The SMILES string of the molecule is COc1ccc(C(C)=O)cc1CN(C)Cc1ccc(Cl)s1. The number of ether oxygens (including phenoxy) is 1. The van der Waals surface area contributed by atoms with E-state index in [1.165, 1.54) is 4.88 Å². The average Bonchev–Trinajstić information content (AvgIpc) is 2.83. The monoisotopic (exact) mass is 323 g/mol. The minimum atomic E-state index is 0.0617. The highest BCUT2D eigenvalue weighted by atomic mass is 35.5. The van der Waals surface area contributed by atoms with Crippen LogP contribution in [0.2, 0.25) is 4.34 Å². The van der Waals surface area contributed by atoms with Gasteiger partial charge in [-0.2, -0.15) is 0 Å². The van der Waals surface area contributed by atoms with Gasteiger partial charge in [0.05, 0.1) is 11.4 Å². The van der Waals surface area contributed by atoms with Crippen LogP contribution in [-0.4, -0.2) is 24.8 Å². The summed E-state index contributed by atoms with van der Waals surface area (Å²) in [4.78, 5) is 14.9. The van der Waals surface area contributed by atoms with Crippen LogP contribution in [0.25, 0.3) is 0 Å². The zero-order chi connectivity index (χ0) is 15.4. The van der Waals surface area contributed by atoms with Crippen LogP contribution < -0.4 is 4.74 Å². The van der Waals surface area contributed by atoms with E-state index >= 15 is 0 Å². The van der Waals surface area contributed by atoms with Crippen molar-refractivity contribution in [2.45, 2.75) is 20.0 Å². The Kier molecular flexibility index (Phi) is 5.39. The molecule has 1 heterocycles. The molecule has 1 aromatic heterocycles. The number of ketones is 1. The van der Waals surface area contributed by atoms with Crippen LogP contribution in [0.5, 0.6) is 5.75 Å². The predicted molar refractivity (Wildman–Crippen MR) is 87.5 cm³/mol. The smallest absolute Gasteiger partial charge is 0.159 e. The van der Waals surface area contributed by atoms with E-state index in [4.69, 9.17) is 16.3 Å². The third-order valence-electron chi connectivity index (χ3n) is 3.18. The fourth-order valence-electron chi connectivity index (χ4n) is 2.17. The Balaban J connectivity index is 2.13. The molecule has 0 spiro atoms. The fourth-order valence-corrected chi connectivity index (χ4v) is 3.34. The Morgan fingerprint density at radius 1 is 1.29 bits per heavy atom. The normalized spacial score (nSPS) is 10.9. The Morgan fingerprint density at radius 2 is 2.05 bits per heavy atom. The lowest BCUT2D eigenvalue weighted by molar-refractivity contribution is 0.101. The lowest BCUT2D eigenvalue weighted by atomic mass is 10.1. The first-order valence-electron chi connectivity index (χ1n) is 6.60. The maximum Gasteiger partial charge on any atom is 0.159 e. The second kappa shape index (κ2) is 7.07. The zero-order valence-electron chi connectivity index (χ0n) is 12.4. The van der Waals surface area contributed by atoms with Crippen LogP contribution in [0.4, 0.5) is 0 Å².